The molecule has 0 saturated carbocycles. The lowest BCUT2D eigenvalue weighted by molar-refractivity contribution is -0.120. The van der Waals surface area contributed by atoms with Gasteiger partial charge >= 0.3 is 0 Å². The van der Waals surface area contributed by atoms with E-state index >= 15 is 0 Å². The Labute approximate surface area is 93.0 Å². The van der Waals surface area contributed by atoms with Crippen LogP contribution in [0.1, 0.15) is 0 Å². The van der Waals surface area contributed by atoms with Crippen molar-refractivity contribution in [2.24, 2.45) is 0 Å². The fraction of sp³-hybridized carbons (Fsp3) is 0.300. The number of rotatable bonds is 3. The molecule has 1 aromatic rings. The maximum Gasteiger partial charge on any atom is 0.252 e. The van der Waals surface area contributed by atoms with E-state index in [2.05, 4.69) is 0 Å². The molecule has 0 aliphatic rings. The summed E-state index contributed by atoms with van der Waals surface area (Å²) in [6.45, 7) is -0.549. The Morgan fingerprint density at radius 3 is 2.80 bits per heavy atom. The maximum absolute atomic E-state index is 11.3. The number of aliphatic hydroxyl groups is 1. The molecule has 0 fully saturated rings. The second kappa shape index (κ2) is 5.00. The fourth-order valence-electron chi connectivity index (χ4n) is 1.17. The van der Waals surface area contributed by atoms with Gasteiger partial charge in [-0.25, -0.2) is 0 Å². The lowest BCUT2D eigenvalue weighted by Crippen LogP contribution is -2.29. The first-order valence-corrected chi connectivity index (χ1v) is 4.69. The maximum atomic E-state index is 11.3. The number of carbonyl (C=O) groups excluding carboxylic acids is 1. The Balaban J connectivity index is 3.10. The minimum Gasteiger partial charge on any atom is -0.495 e. The van der Waals surface area contributed by atoms with Crippen LogP contribution in [0.5, 0.6) is 5.75 Å². The van der Waals surface area contributed by atoms with E-state index in [0.717, 1.165) is 0 Å². The summed E-state index contributed by atoms with van der Waals surface area (Å²) in [5.74, 6) is 0.110. The van der Waals surface area contributed by atoms with Crippen LogP contribution < -0.4 is 9.64 Å². The Morgan fingerprint density at radius 2 is 2.27 bits per heavy atom. The average molecular weight is 230 g/mol. The minimum atomic E-state index is -0.549. The SMILES string of the molecule is COc1ccc(Cl)cc1N(C)C(=O)CO. The summed E-state index contributed by atoms with van der Waals surface area (Å²) >= 11 is 5.81. The van der Waals surface area contributed by atoms with Gasteiger partial charge in [-0.3, -0.25) is 4.79 Å². The molecule has 1 rings (SSSR count). The quantitative estimate of drug-likeness (QED) is 0.850. The first-order chi connectivity index (χ1) is 7.10. The smallest absolute Gasteiger partial charge is 0.252 e. The predicted molar refractivity (Wildman–Crippen MR) is 58.5 cm³/mol. The fourth-order valence-corrected chi connectivity index (χ4v) is 1.33. The highest BCUT2D eigenvalue weighted by molar-refractivity contribution is 6.31. The summed E-state index contributed by atoms with van der Waals surface area (Å²) < 4.78 is 5.08. The van der Waals surface area contributed by atoms with Crippen molar-refractivity contribution in [1.82, 2.24) is 0 Å². The number of benzene rings is 1. The molecule has 0 aliphatic heterocycles. The largest absolute Gasteiger partial charge is 0.495 e. The minimum absolute atomic E-state index is 0.421. The van der Waals surface area contributed by atoms with Crippen LogP contribution >= 0.6 is 11.6 Å². The molecule has 4 nitrogen and oxygen atoms in total. The first-order valence-electron chi connectivity index (χ1n) is 4.31. The van der Waals surface area contributed by atoms with E-state index in [4.69, 9.17) is 21.4 Å². The number of carbonyl (C=O) groups is 1. The molecule has 0 unspecified atom stereocenters. The van der Waals surface area contributed by atoms with Crippen molar-refractivity contribution in [3.63, 3.8) is 0 Å². The van der Waals surface area contributed by atoms with Crippen LogP contribution in [-0.2, 0) is 4.79 Å². The molecule has 0 aliphatic carbocycles. The van der Waals surface area contributed by atoms with E-state index in [1.807, 2.05) is 0 Å². The lowest BCUT2D eigenvalue weighted by atomic mass is 10.2. The molecule has 0 aromatic heterocycles. The number of nitrogens with zero attached hydrogens (tertiary/aromatic N) is 1. The standard InChI is InChI=1S/C10H12ClNO3/c1-12(10(14)6-13)8-5-7(11)3-4-9(8)15-2/h3-5,13H,6H2,1-2H3. The van der Waals surface area contributed by atoms with Crippen LogP contribution in [0.25, 0.3) is 0 Å². The topological polar surface area (TPSA) is 49.8 Å². The van der Waals surface area contributed by atoms with Crippen LogP contribution in [0, 0.1) is 0 Å². The summed E-state index contributed by atoms with van der Waals surface area (Å²) in [7, 11) is 3.05. The number of ether oxygens (including phenoxy) is 1. The molecule has 0 atom stereocenters. The predicted octanol–water partition coefficient (Wildman–Crippen LogP) is 1.30. The molecule has 1 aromatic carbocycles. The van der Waals surface area contributed by atoms with Gasteiger partial charge in [-0.15, -0.1) is 0 Å². The molecule has 1 amide bonds. The molecular formula is C10H12ClNO3. The molecule has 1 N–H and O–H groups in total. The van der Waals surface area contributed by atoms with Crippen molar-refractivity contribution >= 4 is 23.2 Å². The summed E-state index contributed by atoms with van der Waals surface area (Å²) in [6.07, 6.45) is 0. The molecule has 0 radical (unpaired) electrons. The van der Waals surface area contributed by atoms with Crippen LogP contribution in [0.2, 0.25) is 5.02 Å². The van der Waals surface area contributed by atoms with Gasteiger partial charge in [0.2, 0.25) is 0 Å². The van der Waals surface area contributed by atoms with Crippen molar-refractivity contribution in [2.75, 3.05) is 25.7 Å². The third-order valence-corrected chi connectivity index (χ3v) is 2.25. The molecule has 0 bridgehead atoms. The van der Waals surface area contributed by atoms with Crippen LogP contribution in [0.3, 0.4) is 0 Å². The third kappa shape index (κ3) is 2.61. The van der Waals surface area contributed by atoms with Crippen LogP contribution in [0.4, 0.5) is 5.69 Å². The highest BCUT2D eigenvalue weighted by Gasteiger charge is 2.14. The second-order valence-corrected chi connectivity index (χ2v) is 3.36. The number of anilines is 1. The van der Waals surface area contributed by atoms with E-state index in [1.54, 1.807) is 25.2 Å². The molecule has 0 saturated heterocycles. The molecule has 15 heavy (non-hydrogen) atoms. The number of halogens is 1. The van der Waals surface area contributed by atoms with Gasteiger partial charge in [0.15, 0.2) is 0 Å². The zero-order valence-electron chi connectivity index (χ0n) is 8.53. The van der Waals surface area contributed by atoms with Crippen LogP contribution in [0.15, 0.2) is 18.2 Å². The number of hydrogen-bond acceptors (Lipinski definition) is 3. The van der Waals surface area contributed by atoms with E-state index in [9.17, 15) is 4.79 Å². The Bertz CT molecular complexity index is 368. The Kier molecular flexibility index (Phi) is 3.94. The van der Waals surface area contributed by atoms with Gasteiger partial charge in [0.05, 0.1) is 12.8 Å². The summed E-state index contributed by atoms with van der Waals surface area (Å²) in [4.78, 5) is 12.6. The molecular weight excluding hydrogens is 218 g/mol. The van der Waals surface area contributed by atoms with Gasteiger partial charge in [-0.2, -0.15) is 0 Å². The van der Waals surface area contributed by atoms with Gasteiger partial charge in [0.1, 0.15) is 12.4 Å². The van der Waals surface area contributed by atoms with Gasteiger partial charge in [-0.05, 0) is 18.2 Å². The highest BCUT2D eigenvalue weighted by Crippen LogP contribution is 2.30. The van der Waals surface area contributed by atoms with Crippen molar-refractivity contribution in [3.8, 4) is 5.75 Å². The van der Waals surface area contributed by atoms with E-state index in [1.165, 1.54) is 12.0 Å². The van der Waals surface area contributed by atoms with E-state index < -0.39 is 12.5 Å². The van der Waals surface area contributed by atoms with Gasteiger partial charge in [0.25, 0.3) is 5.91 Å². The monoisotopic (exact) mass is 229 g/mol. The zero-order valence-corrected chi connectivity index (χ0v) is 9.28. The normalized spacial score (nSPS) is 9.87. The van der Waals surface area contributed by atoms with Crippen molar-refractivity contribution in [2.45, 2.75) is 0 Å². The van der Waals surface area contributed by atoms with Gasteiger partial charge in [-0.1, -0.05) is 11.6 Å². The summed E-state index contributed by atoms with van der Waals surface area (Å²) in [5.41, 5.74) is 0.532. The van der Waals surface area contributed by atoms with E-state index in [-0.39, 0.29) is 0 Å². The molecule has 82 valence electrons. The van der Waals surface area contributed by atoms with Gasteiger partial charge < -0.3 is 14.7 Å². The van der Waals surface area contributed by atoms with Crippen molar-refractivity contribution in [1.29, 1.82) is 0 Å². The second-order valence-electron chi connectivity index (χ2n) is 2.93. The number of likely N-dealkylation sites (N-methyl/N-ethyl adjacent to an activating group) is 1. The molecule has 5 heteroatoms. The number of methoxy groups -OCH3 is 1. The highest BCUT2D eigenvalue weighted by atomic mass is 35.5. The number of aliphatic hydroxyl groups excluding tert-OH is 1. The molecule has 0 heterocycles. The number of amides is 1. The summed E-state index contributed by atoms with van der Waals surface area (Å²) in [6, 6.07) is 4.94. The van der Waals surface area contributed by atoms with E-state index in [0.29, 0.717) is 16.5 Å². The lowest BCUT2D eigenvalue weighted by Gasteiger charge is -2.19. The first kappa shape index (κ1) is 11.8. The number of hydrogen-bond donors (Lipinski definition) is 1. The Hall–Kier alpha value is -1.26. The van der Waals surface area contributed by atoms with Crippen LogP contribution in [-0.4, -0.2) is 31.8 Å². The average Bonchev–Trinajstić information content (AvgIpc) is 2.27. The third-order valence-electron chi connectivity index (χ3n) is 2.01. The van der Waals surface area contributed by atoms with Crippen molar-refractivity contribution in [3.05, 3.63) is 23.2 Å². The van der Waals surface area contributed by atoms with Crippen molar-refractivity contribution < 1.29 is 14.6 Å². The molecule has 0 spiro atoms. The summed E-state index contributed by atoms with van der Waals surface area (Å²) in [5, 5.41) is 9.24. The zero-order chi connectivity index (χ0) is 11.4. The Morgan fingerprint density at radius 1 is 1.60 bits per heavy atom. The van der Waals surface area contributed by atoms with Gasteiger partial charge in [0, 0.05) is 12.1 Å².